The zero-order valence-electron chi connectivity index (χ0n) is 13.4. The van der Waals surface area contributed by atoms with Gasteiger partial charge in [0.05, 0.1) is 11.6 Å². The van der Waals surface area contributed by atoms with Crippen LogP contribution >= 0.6 is 0 Å². The van der Waals surface area contributed by atoms with Gasteiger partial charge in [-0.15, -0.1) is 0 Å². The highest BCUT2D eigenvalue weighted by Gasteiger charge is 2.24. The first kappa shape index (κ1) is 15.8. The van der Waals surface area contributed by atoms with Crippen LogP contribution in [0.3, 0.4) is 0 Å². The minimum atomic E-state index is -0.0138. The van der Waals surface area contributed by atoms with Crippen molar-refractivity contribution in [2.45, 2.75) is 12.5 Å². The van der Waals surface area contributed by atoms with Gasteiger partial charge in [-0.25, -0.2) is 0 Å². The standard InChI is InChI=1S/C20H19N3O/c21-14-17-7-5-4-6-16(17)10-11-20(24)23-13-12-19(15-23)22-18-8-2-1-3-9-18/h1-11,19,22H,12-13,15H2/b11-10+. The lowest BCUT2D eigenvalue weighted by molar-refractivity contribution is -0.124. The van der Waals surface area contributed by atoms with Crippen LogP contribution < -0.4 is 5.32 Å². The number of carbonyl (C=O) groups is 1. The quantitative estimate of drug-likeness (QED) is 0.880. The maximum atomic E-state index is 12.3. The van der Waals surface area contributed by atoms with E-state index >= 15 is 0 Å². The van der Waals surface area contributed by atoms with Crippen LogP contribution in [0.15, 0.2) is 60.7 Å². The summed E-state index contributed by atoms with van der Waals surface area (Å²) in [5.41, 5.74) is 2.42. The van der Waals surface area contributed by atoms with Gasteiger partial charge in [0, 0.05) is 30.9 Å². The second-order valence-electron chi connectivity index (χ2n) is 5.81. The second kappa shape index (κ2) is 7.47. The molecule has 0 aliphatic carbocycles. The van der Waals surface area contributed by atoms with Crippen molar-refractivity contribution in [3.63, 3.8) is 0 Å². The number of nitrogens with zero attached hydrogens (tertiary/aromatic N) is 2. The molecule has 4 nitrogen and oxygen atoms in total. The van der Waals surface area contributed by atoms with Crippen LogP contribution in [0.5, 0.6) is 0 Å². The number of carbonyl (C=O) groups excluding carboxylic acids is 1. The zero-order valence-corrected chi connectivity index (χ0v) is 13.4. The van der Waals surface area contributed by atoms with Crippen LogP contribution in [0, 0.1) is 11.3 Å². The zero-order chi connectivity index (χ0) is 16.8. The van der Waals surface area contributed by atoms with Gasteiger partial charge in [-0.1, -0.05) is 36.4 Å². The molecule has 1 heterocycles. The summed E-state index contributed by atoms with van der Waals surface area (Å²) in [5, 5.41) is 12.5. The molecule has 1 aliphatic rings. The van der Waals surface area contributed by atoms with Crippen molar-refractivity contribution < 1.29 is 4.79 Å². The number of para-hydroxylation sites is 1. The molecular weight excluding hydrogens is 298 g/mol. The predicted molar refractivity (Wildman–Crippen MR) is 95.2 cm³/mol. The van der Waals surface area contributed by atoms with E-state index < -0.39 is 0 Å². The maximum absolute atomic E-state index is 12.3. The highest BCUT2D eigenvalue weighted by Crippen LogP contribution is 2.16. The van der Waals surface area contributed by atoms with E-state index in [-0.39, 0.29) is 11.9 Å². The Morgan fingerprint density at radius 1 is 1.17 bits per heavy atom. The first-order chi connectivity index (χ1) is 11.8. The molecule has 0 spiro atoms. The van der Waals surface area contributed by atoms with E-state index in [1.165, 1.54) is 0 Å². The number of likely N-dealkylation sites (tertiary alicyclic amines) is 1. The molecule has 1 amide bonds. The molecule has 24 heavy (non-hydrogen) atoms. The highest BCUT2D eigenvalue weighted by atomic mass is 16.2. The summed E-state index contributed by atoms with van der Waals surface area (Å²) in [5.74, 6) is -0.0138. The van der Waals surface area contributed by atoms with E-state index in [0.717, 1.165) is 24.2 Å². The number of amides is 1. The lowest BCUT2D eigenvalue weighted by Crippen LogP contribution is -2.30. The molecule has 1 saturated heterocycles. The summed E-state index contributed by atoms with van der Waals surface area (Å²) in [6.07, 6.45) is 4.21. The van der Waals surface area contributed by atoms with Gasteiger partial charge >= 0.3 is 0 Å². The first-order valence-electron chi connectivity index (χ1n) is 8.04. The Hall–Kier alpha value is -3.06. The third kappa shape index (κ3) is 3.82. The summed E-state index contributed by atoms with van der Waals surface area (Å²) < 4.78 is 0. The maximum Gasteiger partial charge on any atom is 0.246 e. The molecule has 0 aromatic heterocycles. The minimum absolute atomic E-state index is 0.0138. The van der Waals surface area contributed by atoms with Gasteiger partial charge in [-0.3, -0.25) is 4.79 Å². The first-order valence-corrected chi connectivity index (χ1v) is 8.04. The van der Waals surface area contributed by atoms with Gasteiger partial charge < -0.3 is 10.2 Å². The molecule has 2 aromatic carbocycles. The summed E-state index contributed by atoms with van der Waals surface area (Å²) in [6, 6.07) is 19.7. The molecule has 0 saturated carbocycles. The molecule has 1 atom stereocenters. The lowest BCUT2D eigenvalue weighted by Gasteiger charge is -2.16. The Morgan fingerprint density at radius 3 is 2.71 bits per heavy atom. The van der Waals surface area contributed by atoms with Gasteiger partial charge in [0.25, 0.3) is 0 Å². The van der Waals surface area contributed by atoms with Crippen LogP contribution in [0.1, 0.15) is 17.5 Å². The van der Waals surface area contributed by atoms with Crippen molar-refractivity contribution >= 4 is 17.7 Å². The molecule has 1 aliphatic heterocycles. The van der Waals surface area contributed by atoms with Crippen molar-refractivity contribution in [3.05, 3.63) is 71.8 Å². The Morgan fingerprint density at radius 2 is 1.92 bits per heavy atom. The molecule has 0 radical (unpaired) electrons. The van der Waals surface area contributed by atoms with E-state index in [4.69, 9.17) is 5.26 Å². The summed E-state index contributed by atoms with van der Waals surface area (Å²) in [7, 11) is 0. The number of rotatable bonds is 4. The van der Waals surface area contributed by atoms with Crippen molar-refractivity contribution in [3.8, 4) is 6.07 Å². The molecule has 1 N–H and O–H groups in total. The van der Waals surface area contributed by atoms with Gasteiger partial charge in [-0.2, -0.15) is 5.26 Å². The monoisotopic (exact) mass is 317 g/mol. The number of hydrogen-bond donors (Lipinski definition) is 1. The van der Waals surface area contributed by atoms with Gasteiger partial charge in [-0.05, 0) is 36.3 Å². The molecule has 1 fully saturated rings. The minimum Gasteiger partial charge on any atom is -0.380 e. The van der Waals surface area contributed by atoms with Crippen LogP contribution in [0.25, 0.3) is 6.08 Å². The van der Waals surface area contributed by atoms with Crippen LogP contribution in [0.2, 0.25) is 0 Å². The highest BCUT2D eigenvalue weighted by molar-refractivity contribution is 5.92. The van der Waals surface area contributed by atoms with Crippen molar-refractivity contribution in [2.75, 3.05) is 18.4 Å². The normalized spacial score (nSPS) is 17.0. The van der Waals surface area contributed by atoms with Gasteiger partial charge in [0.1, 0.15) is 0 Å². The summed E-state index contributed by atoms with van der Waals surface area (Å²) >= 11 is 0. The largest absolute Gasteiger partial charge is 0.380 e. The molecule has 2 aromatic rings. The fourth-order valence-electron chi connectivity index (χ4n) is 2.86. The topological polar surface area (TPSA) is 56.1 Å². The number of nitrogens with one attached hydrogen (secondary N) is 1. The molecule has 4 heteroatoms. The lowest BCUT2D eigenvalue weighted by atomic mass is 10.1. The van der Waals surface area contributed by atoms with Crippen molar-refractivity contribution in [1.82, 2.24) is 4.90 Å². The Balaban J connectivity index is 1.59. The van der Waals surface area contributed by atoms with Crippen LogP contribution in [-0.4, -0.2) is 29.9 Å². The Kier molecular flexibility index (Phi) is 4.93. The molecule has 1 unspecified atom stereocenters. The predicted octanol–water partition coefficient (Wildman–Crippen LogP) is 3.28. The van der Waals surface area contributed by atoms with Crippen LogP contribution in [0.4, 0.5) is 5.69 Å². The van der Waals surface area contributed by atoms with E-state index in [1.54, 1.807) is 18.2 Å². The number of anilines is 1. The van der Waals surface area contributed by atoms with E-state index in [2.05, 4.69) is 11.4 Å². The molecule has 120 valence electrons. The average Bonchev–Trinajstić information content (AvgIpc) is 3.09. The van der Waals surface area contributed by atoms with Gasteiger partial charge in [0.2, 0.25) is 5.91 Å². The third-order valence-electron chi connectivity index (χ3n) is 4.13. The molecule has 0 bridgehead atoms. The van der Waals surface area contributed by atoms with Crippen molar-refractivity contribution in [1.29, 1.82) is 5.26 Å². The Labute approximate surface area is 142 Å². The fourth-order valence-corrected chi connectivity index (χ4v) is 2.86. The van der Waals surface area contributed by atoms with E-state index in [0.29, 0.717) is 12.1 Å². The molecular formula is C20H19N3O. The number of nitriles is 1. The smallest absolute Gasteiger partial charge is 0.246 e. The number of benzene rings is 2. The fraction of sp³-hybridized carbons (Fsp3) is 0.200. The van der Waals surface area contributed by atoms with Crippen LogP contribution in [-0.2, 0) is 4.79 Å². The summed E-state index contributed by atoms with van der Waals surface area (Å²) in [4.78, 5) is 14.2. The Bertz CT molecular complexity index is 777. The summed E-state index contributed by atoms with van der Waals surface area (Å²) in [6.45, 7) is 1.44. The average molecular weight is 317 g/mol. The number of hydrogen-bond acceptors (Lipinski definition) is 3. The van der Waals surface area contributed by atoms with Crippen molar-refractivity contribution in [2.24, 2.45) is 0 Å². The second-order valence-corrected chi connectivity index (χ2v) is 5.81. The third-order valence-corrected chi connectivity index (χ3v) is 4.13. The van der Waals surface area contributed by atoms with E-state index in [1.807, 2.05) is 53.4 Å². The SMILES string of the molecule is N#Cc1ccccc1/C=C/C(=O)N1CCC(Nc2ccccc2)C1. The van der Waals surface area contributed by atoms with E-state index in [9.17, 15) is 4.79 Å². The molecule has 3 rings (SSSR count). The van der Waals surface area contributed by atoms with Gasteiger partial charge in [0.15, 0.2) is 0 Å².